The van der Waals surface area contributed by atoms with Crippen molar-refractivity contribution >= 4 is 11.7 Å². The van der Waals surface area contributed by atoms with E-state index in [-0.39, 0.29) is 12.5 Å². The van der Waals surface area contributed by atoms with Gasteiger partial charge < -0.3 is 15.0 Å². The van der Waals surface area contributed by atoms with Crippen LogP contribution < -0.4 is 15.0 Å². The van der Waals surface area contributed by atoms with E-state index in [1.54, 1.807) is 0 Å². The van der Waals surface area contributed by atoms with Gasteiger partial charge in [-0.2, -0.15) is 0 Å². The molecule has 1 aromatic heterocycles. The van der Waals surface area contributed by atoms with Gasteiger partial charge in [-0.25, -0.2) is 4.98 Å². The predicted molar refractivity (Wildman–Crippen MR) is 103 cm³/mol. The lowest BCUT2D eigenvalue weighted by Crippen LogP contribution is -2.31. The van der Waals surface area contributed by atoms with Crippen LogP contribution in [0.4, 0.5) is 5.82 Å². The Bertz CT molecular complexity index is 727. The minimum atomic E-state index is -0.118. The number of nitrogens with zero attached hydrogens (tertiary/aromatic N) is 2. The highest BCUT2D eigenvalue weighted by Crippen LogP contribution is 2.19. The van der Waals surface area contributed by atoms with Gasteiger partial charge in [-0.1, -0.05) is 25.1 Å². The van der Waals surface area contributed by atoms with Crippen LogP contribution in [0.25, 0.3) is 0 Å². The summed E-state index contributed by atoms with van der Waals surface area (Å²) in [5.74, 6) is 1.67. The molecule has 5 nitrogen and oxygen atoms in total. The van der Waals surface area contributed by atoms with Gasteiger partial charge in [0.25, 0.3) is 5.91 Å². The van der Waals surface area contributed by atoms with Crippen LogP contribution in [0.15, 0.2) is 42.6 Å². The van der Waals surface area contributed by atoms with Crippen molar-refractivity contribution in [3.05, 3.63) is 53.7 Å². The monoisotopic (exact) mass is 353 g/mol. The standard InChI is InChI=1S/C21H27N3O2/c1-2-18-8-4-5-9-19(18)26-16-21(25)23-15-17-10-11-22-20(14-17)24-12-6-3-7-13-24/h4-5,8-11,14H,2-3,6-7,12-13,15-16H2,1H3,(H,23,25). The molecular weight excluding hydrogens is 326 g/mol. The molecule has 1 amide bonds. The number of hydrogen-bond donors (Lipinski definition) is 1. The molecule has 0 bridgehead atoms. The lowest BCUT2D eigenvalue weighted by Gasteiger charge is -2.27. The van der Waals surface area contributed by atoms with E-state index in [4.69, 9.17) is 4.74 Å². The Hall–Kier alpha value is -2.56. The fourth-order valence-electron chi connectivity index (χ4n) is 3.20. The number of amides is 1. The van der Waals surface area contributed by atoms with E-state index in [1.807, 2.05) is 36.5 Å². The molecule has 1 aliphatic rings. The van der Waals surface area contributed by atoms with Crippen LogP contribution in [0.3, 0.4) is 0 Å². The molecule has 1 aromatic carbocycles. The number of carbonyl (C=O) groups is 1. The molecule has 1 saturated heterocycles. The average molecular weight is 353 g/mol. The zero-order valence-corrected chi connectivity index (χ0v) is 15.4. The Morgan fingerprint density at radius 2 is 2.00 bits per heavy atom. The lowest BCUT2D eigenvalue weighted by atomic mass is 10.1. The van der Waals surface area contributed by atoms with E-state index in [9.17, 15) is 4.79 Å². The number of pyridine rings is 1. The van der Waals surface area contributed by atoms with Gasteiger partial charge in [-0.3, -0.25) is 4.79 Å². The zero-order chi connectivity index (χ0) is 18.2. The Balaban J connectivity index is 1.50. The molecule has 1 N–H and O–H groups in total. The predicted octanol–water partition coefficient (Wildman–Crippen LogP) is 3.33. The SMILES string of the molecule is CCc1ccccc1OCC(=O)NCc1ccnc(N2CCCCC2)c1. The maximum absolute atomic E-state index is 12.1. The Morgan fingerprint density at radius 1 is 1.19 bits per heavy atom. The number of anilines is 1. The third-order valence-corrected chi connectivity index (χ3v) is 4.69. The summed E-state index contributed by atoms with van der Waals surface area (Å²) < 4.78 is 5.66. The number of ether oxygens (including phenoxy) is 1. The van der Waals surface area contributed by atoms with Crippen molar-refractivity contribution in [1.82, 2.24) is 10.3 Å². The Kier molecular flexibility index (Phi) is 6.47. The quantitative estimate of drug-likeness (QED) is 0.830. The molecule has 0 saturated carbocycles. The molecule has 0 spiro atoms. The first-order chi connectivity index (χ1) is 12.8. The van der Waals surface area contributed by atoms with Crippen molar-refractivity contribution in [2.45, 2.75) is 39.2 Å². The minimum absolute atomic E-state index is 0.0288. The van der Waals surface area contributed by atoms with E-state index in [1.165, 1.54) is 19.3 Å². The third-order valence-electron chi connectivity index (χ3n) is 4.69. The highest BCUT2D eigenvalue weighted by molar-refractivity contribution is 5.77. The van der Waals surface area contributed by atoms with Crippen molar-refractivity contribution in [2.24, 2.45) is 0 Å². The molecule has 0 aliphatic carbocycles. The number of nitrogens with one attached hydrogen (secondary N) is 1. The zero-order valence-electron chi connectivity index (χ0n) is 15.4. The van der Waals surface area contributed by atoms with Crippen molar-refractivity contribution in [3.8, 4) is 5.75 Å². The van der Waals surface area contributed by atoms with Crippen LogP contribution in [0.2, 0.25) is 0 Å². The van der Waals surface area contributed by atoms with Crippen LogP contribution in [0.5, 0.6) is 5.75 Å². The summed E-state index contributed by atoms with van der Waals surface area (Å²) in [6.45, 7) is 4.72. The van der Waals surface area contributed by atoms with E-state index < -0.39 is 0 Å². The second-order valence-electron chi connectivity index (χ2n) is 6.60. The van der Waals surface area contributed by atoms with Gasteiger partial charge >= 0.3 is 0 Å². The van der Waals surface area contributed by atoms with Crippen LogP contribution in [-0.4, -0.2) is 30.6 Å². The number of rotatable bonds is 7. The summed E-state index contributed by atoms with van der Waals surface area (Å²) in [5, 5.41) is 2.93. The molecule has 2 heterocycles. The normalized spacial score (nSPS) is 14.1. The third kappa shape index (κ3) is 4.97. The van der Waals surface area contributed by atoms with Gasteiger partial charge in [-0.15, -0.1) is 0 Å². The molecule has 0 radical (unpaired) electrons. The van der Waals surface area contributed by atoms with Crippen molar-refractivity contribution in [3.63, 3.8) is 0 Å². The van der Waals surface area contributed by atoms with Crippen LogP contribution >= 0.6 is 0 Å². The molecule has 1 aliphatic heterocycles. The lowest BCUT2D eigenvalue weighted by molar-refractivity contribution is -0.123. The second-order valence-corrected chi connectivity index (χ2v) is 6.60. The van der Waals surface area contributed by atoms with Crippen molar-refractivity contribution in [1.29, 1.82) is 0 Å². The summed E-state index contributed by atoms with van der Waals surface area (Å²) in [6.07, 6.45) is 6.44. The van der Waals surface area contributed by atoms with Crippen LogP contribution in [0.1, 0.15) is 37.3 Å². The number of carbonyl (C=O) groups excluding carboxylic acids is 1. The average Bonchev–Trinajstić information content (AvgIpc) is 2.71. The minimum Gasteiger partial charge on any atom is -0.483 e. The first-order valence-corrected chi connectivity index (χ1v) is 9.43. The smallest absolute Gasteiger partial charge is 0.258 e. The number of hydrogen-bond acceptors (Lipinski definition) is 4. The molecule has 26 heavy (non-hydrogen) atoms. The first kappa shape index (κ1) is 18.2. The fourth-order valence-corrected chi connectivity index (χ4v) is 3.20. The van der Waals surface area contributed by atoms with Crippen molar-refractivity contribution in [2.75, 3.05) is 24.6 Å². The van der Waals surface area contributed by atoms with Crippen molar-refractivity contribution < 1.29 is 9.53 Å². The largest absolute Gasteiger partial charge is 0.483 e. The number of para-hydroxylation sites is 1. The second kappa shape index (κ2) is 9.22. The van der Waals surface area contributed by atoms with Gasteiger partial charge in [0.2, 0.25) is 0 Å². The van der Waals surface area contributed by atoms with E-state index in [0.29, 0.717) is 6.54 Å². The Labute approximate surface area is 155 Å². The van der Waals surface area contributed by atoms with Crippen LogP contribution in [-0.2, 0) is 17.8 Å². The van der Waals surface area contributed by atoms with E-state index in [0.717, 1.165) is 42.2 Å². The van der Waals surface area contributed by atoms with Gasteiger partial charge in [0, 0.05) is 25.8 Å². The maximum atomic E-state index is 12.1. The van der Waals surface area contributed by atoms with E-state index >= 15 is 0 Å². The highest BCUT2D eigenvalue weighted by atomic mass is 16.5. The van der Waals surface area contributed by atoms with Gasteiger partial charge in [0.05, 0.1) is 0 Å². The summed E-state index contributed by atoms with van der Waals surface area (Å²) in [5.41, 5.74) is 2.17. The first-order valence-electron chi connectivity index (χ1n) is 9.43. The number of aryl methyl sites for hydroxylation is 1. The van der Waals surface area contributed by atoms with Crippen LogP contribution in [0, 0.1) is 0 Å². The summed E-state index contributed by atoms with van der Waals surface area (Å²) in [4.78, 5) is 18.9. The summed E-state index contributed by atoms with van der Waals surface area (Å²) in [7, 11) is 0. The van der Waals surface area contributed by atoms with Gasteiger partial charge in [0.1, 0.15) is 11.6 Å². The molecule has 2 aromatic rings. The molecule has 0 unspecified atom stereocenters. The van der Waals surface area contributed by atoms with E-state index in [2.05, 4.69) is 28.2 Å². The summed E-state index contributed by atoms with van der Waals surface area (Å²) >= 11 is 0. The van der Waals surface area contributed by atoms with Gasteiger partial charge in [0.15, 0.2) is 6.61 Å². The summed E-state index contributed by atoms with van der Waals surface area (Å²) in [6, 6.07) is 11.8. The maximum Gasteiger partial charge on any atom is 0.258 e. The molecule has 5 heteroatoms. The molecule has 138 valence electrons. The van der Waals surface area contributed by atoms with Gasteiger partial charge in [-0.05, 0) is 55.0 Å². The molecule has 1 fully saturated rings. The topological polar surface area (TPSA) is 54.5 Å². The molecular formula is C21H27N3O2. The molecule has 0 atom stereocenters. The Morgan fingerprint density at radius 3 is 2.81 bits per heavy atom. The highest BCUT2D eigenvalue weighted by Gasteiger charge is 2.12. The fraction of sp³-hybridized carbons (Fsp3) is 0.429. The molecule has 3 rings (SSSR count). The number of piperidine rings is 1. The number of aromatic nitrogens is 1. The number of benzene rings is 1.